The molecular weight excluding hydrogens is 324 g/mol. The van der Waals surface area contributed by atoms with Crippen LogP contribution >= 0.6 is 27.3 Å². The number of hydrogen-bond donors (Lipinski definition) is 1. The van der Waals surface area contributed by atoms with Crippen molar-refractivity contribution < 1.29 is 4.74 Å². The fourth-order valence-corrected chi connectivity index (χ4v) is 5.02. The predicted molar refractivity (Wildman–Crippen MR) is 82.7 cm³/mol. The molecule has 19 heavy (non-hydrogen) atoms. The van der Waals surface area contributed by atoms with E-state index in [1.807, 2.05) is 11.3 Å². The fraction of sp³-hybridized carbons (Fsp3) is 0.714. The van der Waals surface area contributed by atoms with E-state index in [0.717, 1.165) is 45.3 Å². The summed E-state index contributed by atoms with van der Waals surface area (Å²) in [6.45, 7) is 6.40. The summed E-state index contributed by atoms with van der Waals surface area (Å²) in [7, 11) is 0. The van der Waals surface area contributed by atoms with Crippen molar-refractivity contribution in [2.45, 2.75) is 18.9 Å². The van der Waals surface area contributed by atoms with E-state index in [1.54, 1.807) is 0 Å². The highest BCUT2D eigenvalue weighted by Gasteiger charge is 2.33. The average molecular weight is 345 g/mol. The average Bonchev–Trinajstić information content (AvgIpc) is 2.88. The fourth-order valence-electron chi connectivity index (χ4n) is 3.19. The molecule has 0 saturated carbocycles. The maximum atomic E-state index is 5.55. The lowest BCUT2D eigenvalue weighted by Gasteiger charge is -2.40. The highest BCUT2D eigenvalue weighted by molar-refractivity contribution is 9.10. The SMILES string of the molecule is Brc1ccsc1[C@@H](C1CCOCC1)N1CCNCC1. The minimum Gasteiger partial charge on any atom is -0.381 e. The Kier molecular flexibility index (Phi) is 4.92. The molecule has 5 heteroatoms. The molecule has 0 aromatic carbocycles. The lowest BCUT2D eigenvalue weighted by molar-refractivity contribution is 0.0221. The van der Waals surface area contributed by atoms with Crippen LogP contribution in [0.2, 0.25) is 0 Å². The highest BCUT2D eigenvalue weighted by atomic mass is 79.9. The van der Waals surface area contributed by atoms with Crippen molar-refractivity contribution in [1.29, 1.82) is 0 Å². The lowest BCUT2D eigenvalue weighted by atomic mass is 9.89. The summed E-state index contributed by atoms with van der Waals surface area (Å²) in [6.07, 6.45) is 2.39. The van der Waals surface area contributed by atoms with Crippen molar-refractivity contribution in [2.24, 2.45) is 5.92 Å². The molecular formula is C14H21BrN2OS. The zero-order valence-corrected chi connectivity index (χ0v) is 13.5. The molecule has 1 atom stereocenters. The van der Waals surface area contributed by atoms with E-state index in [0.29, 0.717) is 6.04 Å². The van der Waals surface area contributed by atoms with Gasteiger partial charge in [0.2, 0.25) is 0 Å². The van der Waals surface area contributed by atoms with Crippen LogP contribution in [0.3, 0.4) is 0 Å². The smallest absolute Gasteiger partial charge is 0.0483 e. The van der Waals surface area contributed by atoms with Crippen molar-refractivity contribution in [3.05, 3.63) is 20.8 Å². The summed E-state index contributed by atoms with van der Waals surface area (Å²) in [6, 6.07) is 2.76. The first kappa shape index (κ1) is 14.0. The first-order valence-corrected chi connectivity index (χ1v) is 8.79. The number of nitrogens with one attached hydrogen (secondary N) is 1. The molecule has 2 aliphatic heterocycles. The van der Waals surface area contributed by atoms with Crippen molar-refractivity contribution in [3.63, 3.8) is 0 Å². The molecule has 3 rings (SSSR count). The van der Waals surface area contributed by atoms with Crippen LogP contribution in [0.25, 0.3) is 0 Å². The summed E-state index contributed by atoms with van der Waals surface area (Å²) >= 11 is 5.63. The largest absolute Gasteiger partial charge is 0.381 e. The molecule has 3 nitrogen and oxygen atoms in total. The Morgan fingerprint density at radius 3 is 2.68 bits per heavy atom. The third kappa shape index (κ3) is 3.22. The van der Waals surface area contributed by atoms with Gasteiger partial charge >= 0.3 is 0 Å². The Hall–Kier alpha value is 0.0600. The van der Waals surface area contributed by atoms with E-state index in [9.17, 15) is 0 Å². The summed E-state index contributed by atoms with van der Waals surface area (Å²) in [5.41, 5.74) is 0. The van der Waals surface area contributed by atoms with E-state index in [1.165, 1.54) is 22.2 Å². The summed E-state index contributed by atoms with van der Waals surface area (Å²) < 4.78 is 6.83. The number of rotatable bonds is 3. The van der Waals surface area contributed by atoms with Gasteiger partial charge in [0, 0.05) is 54.8 Å². The minimum absolute atomic E-state index is 0.570. The van der Waals surface area contributed by atoms with Gasteiger partial charge in [0.15, 0.2) is 0 Å². The maximum Gasteiger partial charge on any atom is 0.0483 e. The Bertz CT molecular complexity index is 382. The number of thiophene rings is 1. The van der Waals surface area contributed by atoms with Crippen LogP contribution in [0.15, 0.2) is 15.9 Å². The molecule has 2 fully saturated rings. The Balaban J connectivity index is 1.83. The molecule has 1 aromatic rings. The molecule has 0 unspecified atom stereocenters. The second-order valence-electron chi connectivity index (χ2n) is 5.31. The van der Waals surface area contributed by atoms with Crippen LogP contribution in [-0.4, -0.2) is 44.3 Å². The van der Waals surface area contributed by atoms with Crippen molar-refractivity contribution in [3.8, 4) is 0 Å². The monoisotopic (exact) mass is 344 g/mol. The number of hydrogen-bond acceptors (Lipinski definition) is 4. The van der Waals surface area contributed by atoms with E-state index >= 15 is 0 Å². The normalized spacial score (nSPS) is 24.5. The highest BCUT2D eigenvalue weighted by Crippen LogP contribution is 2.41. The molecule has 0 radical (unpaired) electrons. The van der Waals surface area contributed by atoms with Gasteiger partial charge in [0.05, 0.1) is 0 Å². The molecule has 0 spiro atoms. The van der Waals surface area contributed by atoms with Gasteiger partial charge in [-0.25, -0.2) is 0 Å². The summed E-state index contributed by atoms with van der Waals surface area (Å²) in [5.74, 6) is 0.738. The Labute approximate surface area is 127 Å². The minimum atomic E-state index is 0.570. The van der Waals surface area contributed by atoms with Gasteiger partial charge in [-0.2, -0.15) is 0 Å². The molecule has 0 bridgehead atoms. The molecule has 0 amide bonds. The van der Waals surface area contributed by atoms with E-state index < -0.39 is 0 Å². The third-order valence-corrected chi connectivity index (χ3v) is 6.11. The maximum absolute atomic E-state index is 5.55. The lowest BCUT2D eigenvalue weighted by Crippen LogP contribution is -2.47. The van der Waals surface area contributed by atoms with E-state index in [-0.39, 0.29) is 0 Å². The van der Waals surface area contributed by atoms with Crippen LogP contribution in [0.1, 0.15) is 23.8 Å². The van der Waals surface area contributed by atoms with Crippen LogP contribution < -0.4 is 5.32 Å². The summed E-state index contributed by atoms with van der Waals surface area (Å²) in [4.78, 5) is 4.18. The predicted octanol–water partition coefficient (Wildman–Crippen LogP) is 2.88. The standard InChI is InChI=1S/C14H21BrN2OS/c15-12-3-10-19-14(12)13(11-1-8-18-9-2-11)17-6-4-16-5-7-17/h3,10-11,13,16H,1-2,4-9H2/t13-/m1/s1. The van der Waals surface area contributed by atoms with Gasteiger partial charge in [-0.15, -0.1) is 11.3 Å². The van der Waals surface area contributed by atoms with Gasteiger partial charge in [-0.3, -0.25) is 4.90 Å². The molecule has 106 valence electrons. The number of nitrogens with zero attached hydrogens (tertiary/aromatic N) is 1. The van der Waals surface area contributed by atoms with Crippen LogP contribution in [0.5, 0.6) is 0 Å². The molecule has 3 heterocycles. The molecule has 2 aliphatic rings. The van der Waals surface area contributed by atoms with Crippen molar-refractivity contribution in [2.75, 3.05) is 39.4 Å². The number of halogens is 1. The zero-order valence-electron chi connectivity index (χ0n) is 11.1. The Morgan fingerprint density at radius 2 is 2.05 bits per heavy atom. The molecule has 2 saturated heterocycles. The van der Waals surface area contributed by atoms with Crippen molar-refractivity contribution in [1.82, 2.24) is 10.2 Å². The number of ether oxygens (including phenoxy) is 1. The second-order valence-corrected chi connectivity index (χ2v) is 7.12. The summed E-state index contributed by atoms with van der Waals surface area (Å²) in [5, 5.41) is 5.66. The van der Waals surface area contributed by atoms with Crippen LogP contribution in [0.4, 0.5) is 0 Å². The van der Waals surface area contributed by atoms with E-state index in [4.69, 9.17) is 4.74 Å². The topological polar surface area (TPSA) is 24.5 Å². The first-order chi connectivity index (χ1) is 9.36. The number of piperazine rings is 1. The van der Waals surface area contributed by atoms with Gasteiger partial charge in [0.25, 0.3) is 0 Å². The van der Waals surface area contributed by atoms with E-state index in [2.05, 4.69) is 37.6 Å². The van der Waals surface area contributed by atoms with Gasteiger partial charge in [0.1, 0.15) is 0 Å². The zero-order chi connectivity index (χ0) is 13.1. The van der Waals surface area contributed by atoms with Crippen LogP contribution in [-0.2, 0) is 4.74 Å². The van der Waals surface area contributed by atoms with Gasteiger partial charge in [-0.05, 0) is 46.1 Å². The quantitative estimate of drug-likeness (QED) is 0.912. The molecule has 1 aromatic heterocycles. The third-order valence-electron chi connectivity index (χ3n) is 4.17. The second kappa shape index (κ2) is 6.68. The Morgan fingerprint density at radius 1 is 1.32 bits per heavy atom. The van der Waals surface area contributed by atoms with Gasteiger partial charge < -0.3 is 10.1 Å². The van der Waals surface area contributed by atoms with Crippen LogP contribution in [0, 0.1) is 5.92 Å². The first-order valence-electron chi connectivity index (χ1n) is 7.11. The molecule has 0 aliphatic carbocycles. The van der Waals surface area contributed by atoms with Crippen molar-refractivity contribution >= 4 is 27.3 Å². The molecule has 1 N–H and O–H groups in total. The van der Waals surface area contributed by atoms with Gasteiger partial charge in [-0.1, -0.05) is 0 Å².